The Kier molecular flexibility index (Phi) is 8.07. The van der Waals surface area contributed by atoms with Crippen molar-refractivity contribution in [2.24, 2.45) is 11.8 Å². The lowest BCUT2D eigenvalue weighted by Crippen LogP contribution is -2.27. The average Bonchev–Trinajstić information content (AvgIpc) is 2.98. The summed E-state index contributed by atoms with van der Waals surface area (Å²) in [5, 5.41) is 6.50. The third-order valence-corrected chi connectivity index (χ3v) is 4.46. The predicted molar refractivity (Wildman–Crippen MR) is 85.6 cm³/mol. The van der Waals surface area contributed by atoms with Crippen LogP contribution in [0.2, 0.25) is 0 Å². The van der Waals surface area contributed by atoms with E-state index in [9.17, 15) is 4.79 Å². The van der Waals surface area contributed by atoms with Crippen LogP contribution in [0.15, 0.2) is 12.2 Å². The number of likely N-dealkylation sites (tertiary alicyclic amines) is 1. The van der Waals surface area contributed by atoms with E-state index in [2.05, 4.69) is 30.5 Å². The molecule has 2 unspecified atom stereocenters. The molecule has 2 atom stereocenters. The van der Waals surface area contributed by atoms with E-state index in [-0.39, 0.29) is 5.91 Å². The molecular formula is C17H29N3O. The average molecular weight is 291 g/mol. The first-order valence-corrected chi connectivity index (χ1v) is 8.11. The number of nitriles is 1. The van der Waals surface area contributed by atoms with E-state index < -0.39 is 0 Å². The van der Waals surface area contributed by atoms with Crippen molar-refractivity contribution in [3.05, 3.63) is 12.2 Å². The first-order valence-electron chi connectivity index (χ1n) is 8.11. The van der Waals surface area contributed by atoms with Crippen molar-refractivity contribution in [3.63, 3.8) is 0 Å². The zero-order valence-electron chi connectivity index (χ0n) is 13.5. The molecule has 3 rings (SSSR count). The van der Waals surface area contributed by atoms with Crippen molar-refractivity contribution in [1.82, 2.24) is 9.80 Å². The highest BCUT2D eigenvalue weighted by atomic mass is 16.2. The second kappa shape index (κ2) is 9.57. The van der Waals surface area contributed by atoms with Crippen LogP contribution in [0.3, 0.4) is 0 Å². The molecule has 1 saturated heterocycles. The molecule has 2 fully saturated rings. The second-order valence-electron chi connectivity index (χ2n) is 5.98. The molecule has 0 bridgehead atoms. The number of hydrogen-bond donors (Lipinski definition) is 0. The van der Waals surface area contributed by atoms with Crippen molar-refractivity contribution < 1.29 is 4.79 Å². The van der Waals surface area contributed by atoms with Gasteiger partial charge in [0.15, 0.2) is 0 Å². The molecule has 4 heteroatoms. The molecule has 3 aliphatic rings. The molecule has 4 nitrogen and oxygen atoms in total. The summed E-state index contributed by atoms with van der Waals surface area (Å²) in [5.41, 5.74) is 0. The maximum absolute atomic E-state index is 10.6. The normalized spacial score (nSPS) is 27.1. The fourth-order valence-electron chi connectivity index (χ4n) is 2.99. The molecule has 0 spiro atoms. The molecule has 0 aromatic heterocycles. The quantitative estimate of drug-likeness (QED) is 0.698. The molecule has 2 aliphatic heterocycles. The van der Waals surface area contributed by atoms with Gasteiger partial charge in [-0.15, -0.1) is 0 Å². The van der Waals surface area contributed by atoms with Crippen LogP contribution in [0.1, 0.15) is 39.5 Å². The number of carbonyl (C=O) groups is 1. The standard InChI is InChI=1S/C10H17N.C6H11NO.CHN/c1-2-11-6-4-3-5-9-7-10(9)8-11;1-6(8)7-4-2-3-5-7;1-2/h3,5,9-10H,2,4,6-8H2,1H3;2-5H2,1H3;1H. The van der Waals surface area contributed by atoms with Crippen LogP contribution in [0, 0.1) is 23.7 Å². The van der Waals surface area contributed by atoms with Gasteiger partial charge in [0.2, 0.25) is 5.91 Å². The number of fused-ring (bicyclic) bond motifs is 1. The van der Waals surface area contributed by atoms with Crippen LogP contribution in [-0.2, 0) is 4.79 Å². The molecule has 0 aromatic carbocycles. The lowest BCUT2D eigenvalue weighted by Gasteiger charge is -2.20. The van der Waals surface area contributed by atoms with Crippen molar-refractivity contribution in [2.75, 3.05) is 32.7 Å². The lowest BCUT2D eigenvalue weighted by molar-refractivity contribution is -0.127. The van der Waals surface area contributed by atoms with Gasteiger partial charge in [-0.3, -0.25) is 4.79 Å². The van der Waals surface area contributed by atoms with Crippen molar-refractivity contribution >= 4 is 5.91 Å². The Balaban J connectivity index is 0.000000196. The van der Waals surface area contributed by atoms with E-state index >= 15 is 0 Å². The fraction of sp³-hybridized carbons (Fsp3) is 0.765. The van der Waals surface area contributed by atoms with Crippen molar-refractivity contribution in [1.29, 1.82) is 5.26 Å². The largest absolute Gasteiger partial charge is 0.343 e. The van der Waals surface area contributed by atoms with E-state index in [0.717, 1.165) is 24.9 Å². The van der Waals surface area contributed by atoms with Gasteiger partial charge >= 0.3 is 0 Å². The van der Waals surface area contributed by atoms with Gasteiger partial charge in [0.25, 0.3) is 0 Å². The van der Waals surface area contributed by atoms with Gasteiger partial charge in [0.05, 0.1) is 0 Å². The van der Waals surface area contributed by atoms with Crippen LogP contribution in [0.5, 0.6) is 0 Å². The minimum atomic E-state index is 0.225. The summed E-state index contributed by atoms with van der Waals surface area (Å²) in [4.78, 5) is 15.0. The van der Waals surface area contributed by atoms with Crippen LogP contribution < -0.4 is 0 Å². The summed E-state index contributed by atoms with van der Waals surface area (Å²) in [7, 11) is 0. The fourth-order valence-corrected chi connectivity index (χ4v) is 2.99. The Bertz CT molecular complexity index is 358. The van der Waals surface area contributed by atoms with Crippen molar-refractivity contribution in [2.45, 2.75) is 39.5 Å². The van der Waals surface area contributed by atoms with E-state index in [0.29, 0.717) is 0 Å². The van der Waals surface area contributed by atoms with E-state index in [1.165, 1.54) is 45.3 Å². The zero-order valence-corrected chi connectivity index (χ0v) is 13.5. The topological polar surface area (TPSA) is 47.3 Å². The molecule has 1 saturated carbocycles. The van der Waals surface area contributed by atoms with Gasteiger partial charge in [-0.05, 0) is 44.1 Å². The van der Waals surface area contributed by atoms with Gasteiger partial charge in [-0.2, -0.15) is 0 Å². The highest BCUT2D eigenvalue weighted by molar-refractivity contribution is 5.73. The van der Waals surface area contributed by atoms with Gasteiger partial charge < -0.3 is 9.80 Å². The SMILES string of the molecule is C#N.CC(=O)N1CCCC1.CCN1CCC=CC2CC2C1. The third kappa shape index (κ3) is 6.31. The second-order valence-corrected chi connectivity index (χ2v) is 5.98. The van der Waals surface area contributed by atoms with Gasteiger partial charge in [-0.1, -0.05) is 19.1 Å². The lowest BCUT2D eigenvalue weighted by atomic mass is 10.2. The minimum absolute atomic E-state index is 0.225. The Morgan fingerprint density at radius 3 is 2.48 bits per heavy atom. The Labute approximate surface area is 129 Å². The smallest absolute Gasteiger partial charge is 0.219 e. The molecular weight excluding hydrogens is 262 g/mol. The summed E-state index contributed by atoms with van der Waals surface area (Å²) in [6.45, 7) is 13.2. The summed E-state index contributed by atoms with van der Waals surface area (Å²) < 4.78 is 0. The Hall–Kier alpha value is -1.34. The molecule has 0 radical (unpaired) electrons. The number of allylic oxidation sites excluding steroid dienone is 1. The van der Waals surface area contributed by atoms with E-state index in [4.69, 9.17) is 5.26 Å². The van der Waals surface area contributed by atoms with Crippen LogP contribution in [0.4, 0.5) is 0 Å². The number of rotatable bonds is 1. The monoisotopic (exact) mass is 291 g/mol. The first kappa shape index (κ1) is 17.7. The highest BCUT2D eigenvalue weighted by Crippen LogP contribution is 2.40. The van der Waals surface area contributed by atoms with Gasteiger partial charge in [0, 0.05) is 39.7 Å². The predicted octanol–water partition coefficient (Wildman–Crippen LogP) is 2.67. The third-order valence-electron chi connectivity index (χ3n) is 4.46. The van der Waals surface area contributed by atoms with Crippen molar-refractivity contribution in [3.8, 4) is 6.57 Å². The molecule has 2 heterocycles. The van der Waals surface area contributed by atoms with E-state index in [1.807, 2.05) is 4.90 Å². The Morgan fingerprint density at radius 1 is 1.29 bits per heavy atom. The van der Waals surface area contributed by atoms with Crippen LogP contribution in [-0.4, -0.2) is 48.4 Å². The number of amides is 1. The summed E-state index contributed by atoms with van der Waals surface area (Å²) in [6, 6.07) is 0. The maximum atomic E-state index is 10.6. The number of carbonyl (C=O) groups excluding carboxylic acids is 1. The number of hydrogen-bond acceptors (Lipinski definition) is 3. The van der Waals surface area contributed by atoms with Crippen LogP contribution in [0.25, 0.3) is 0 Å². The summed E-state index contributed by atoms with van der Waals surface area (Å²) in [5.74, 6) is 2.18. The minimum Gasteiger partial charge on any atom is -0.343 e. The first-order chi connectivity index (χ1) is 10.2. The maximum Gasteiger partial charge on any atom is 0.219 e. The van der Waals surface area contributed by atoms with Crippen LogP contribution >= 0.6 is 0 Å². The highest BCUT2D eigenvalue weighted by Gasteiger charge is 2.36. The summed E-state index contributed by atoms with van der Waals surface area (Å²) in [6.07, 6.45) is 9.90. The molecule has 21 heavy (non-hydrogen) atoms. The van der Waals surface area contributed by atoms with E-state index in [1.54, 1.807) is 6.92 Å². The summed E-state index contributed by atoms with van der Waals surface area (Å²) >= 11 is 0. The Morgan fingerprint density at radius 2 is 1.95 bits per heavy atom. The molecule has 1 amide bonds. The molecule has 0 N–H and O–H groups in total. The van der Waals surface area contributed by atoms with Gasteiger partial charge in [0.1, 0.15) is 0 Å². The molecule has 118 valence electrons. The zero-order chi connectivity index (χ0) is 15.7. The number of nitrogens with zero attached hydrogens (tertiary/aromatic N) is 3. The molecule has 1 aliphatic carbocycles. The van der Waals surface area contributed by atoms with Gasteiger partial charge in [-0.25, -0.2) is 5.26 Å². The molecule has 0 aromatic rings.